The minimum absolute atomic E-state index is 0.642. The van der Waals surface area contributed by atoms with Crippen molar-refractivity contribution in [3.8, 4) is 22.9 Å². The van der Waals surface area contributed by atoms with E-state index >= 15 is 0 Å². The molecule has 24 heavy (non-hydrogen) atoms. The zero-order valence-corrected chi connectivity index (χ0v) is 18.9. The SMILES string of the molecule is CC(C)[Si](C#Cc1ccncc1C#C[Si](C)(C)C)(C(C)C)C(C)C. The van der Waals surface area contributed by atoms with Crippen molar-refractivity contribution in [1.29, 1.82) is 0 Å². The van der Waals surface area contributed by atoms with Crippen molar-refractivity contribution in [2.75, 3.05) is 0 Å². The van der Waals surface area contributed by atoms with Gasteiger partial charge in [-0.2, -0.15) is 0 Å². The maximum atomic E-state index is 4.25. The minimum Gasteiger partial charge on any atom is -0.263 e. The number of pyridine rings is 1. The molecule has 1 heterocycles. The minimum atomic E-state index is -1.71. The van der Waals surface area contributed by atoms with Gasteiger partial charge < -0.3 is 0 Å². The van der Waals surface area contributed by atoms with Gasteiger partial charge in [-0.3, -0.25) is 4.98 Å². The van der Waals surface area contributed by atoms with Crippen LogP contribution in [0.4, 0.5) is 0 Å². The van der Waals surface area contributed by atoms with E-state index < -0.39 is 16.1 Å². The van der Waals surface area contributed by atoms with E-state index in [1.807, 2.05) is 18.5 Å². The highest BCUT2D eigenvalue weighted by atomic mass is 28.3. The Kier molecular flexibility index (Phi) is 7.08. The summed E-state index contributed by atoms with van der Waals surface area (Å²) in [6.45, 7) is 20.9. The normalized spacial score (nSPS) is 12.0. The van der Waals surface area contributed by atoms with Gasteiger partial charge in [-0.05, 0) is 22.7 Å². The molecule has 0 unspecified atom stereocenters. The van der Waals surface area contributed by atoms with Crippen molar-refractivity contribution in [3.05, 3.63) is 29.6 Å². The summed E-state index contributed by atoms with van der Waals surface area (Å²) in [7, 11) is -3.12. The van der Waals surface area contributed by atoms with E-state index in [1.54, 1.807) is 0 Å². The van der Waals surface area contributed by atoms with Crippen LogP contribution in [0.15, 0.2) is 18.5 Å². The summed E-state index contributed by atoms with van der Waals surface area (Å²) < 4.78 is 0. The lowest BCUT2D eigenvalue weighted by molar-refractivity contribution is 0.838. The van der Waals surface area contributed by atoms with Crippen molar-refractivity contribution >= 4 is 16.1 Å². The Hall–Kier alpha value is -1.30. The zero-order chi connectivity index (χ0) is 18.5. The Morgan fingerprint density at radius 1 is 0.792 bits per heavy atom. The molecule has 1 rings (SSSR count). The van der Waals surface area contributed by atoms with E-state index in [-0.39, 0.29) is 0 Å². The second-order valence-corrected chi connectivity index (χ2v) is 18.9. The van der Waals surface area contributed by atoms with Crippen LogP contribution in [0.25, 0.3) is 0 Å². The van der Waals surface area contributed by atoms with E-state index in [2.05, 4.69) is 89.1 Å². The predicted octanol–water partition coefficient (Wildman–Crippen LogP) is 5.88. The molecule has 0 spiro atoms. The van der Waals surface area contributed by atoms with Crippen LogP contribution >= 0.6 is 0 Å². The second kappa shape index (κ2) is 8.19. The molecule has 0 aliphatic heterocycles. The lowest BCUT2D eigenvalue weighted by Gasteiger charge is -2.38. The van der Waals surface area contributed by atoms with E-state index in [9.17, 15) is 0 Å². The average Bonchev–Trinajstić information content (AvgIpc) is 2.44. The second-order valence-electron chi connectivity index (χ2n) is 8.57. The quantitative estimate of drug-likeness (QED) is 0.487. The standard InChI is InChI=1S/C21H33NSi2/c1-17(2)24(18(3)4,19(5)6)15-12-20-10-13-22-16-21(20)11-14-23(7,8)9/h10,13,16-19H,1-9H3. The number of hydrogen-bond donors (Lipinski definition) is 0. The molecule has 0 fully saturated rings. The first-order valence-corrected chi connectivity index (χ1v) is 14.7. The Balaban J connectivity index is 3.41. The molecule has 1 aromatic rings. The van der Waals surface area contributed by atoms with Gasteiger partial charge in [-0.25, -0.2) is 0 Å². The lowest BCUT2D eigenvalue weighted by Crippen LogP contribution is -2.43. The van der Waals surface area contributed by atoms with Crippen LogP contribution in [0.5, 0.6) is 0 Å². The molecular weight excluding hydrogens is 322 g/mol. The third-order valence-corrected chi connectivity index (χ3v) is 11.8. The molecule has 1 nitrogen and oxygen atoms in total. The topological polar surface area (TPSA) is 12.9 Å². The number of hydrogen-bond acceptors (Lipinski definition) is 1. The molecule has 0 amide bonds. The fourth-order valence-corrected chi connectivity index (χ4v) is 9.19. The average molecular weight is 356 g/mol. The summed E-state index contributed by atoms with van der Waals surface area (Å²) in [6.07, 6.45) is 3.69. The Morgan fingerprint density at radius 2 is 1.29 bits per heavy atom. The molecule has 0 radical (unpaired) electrons. The zero-order valence-electron chi connectivity index (χ0n) is 16.9. The Labute approximate surface area is 151 Å². The predicted molar refractivity (Wildman–Crippen MR) is 112 cm³/mol. The highest BCUT2D eigenvalue weighted by molar-refractivity contribution is 6.90. The van der Waals surface area contributed by atoms with Gasteiger partial charge in [0.25, 0.3) is 0 Å². The number of aromatic nitrogens is 1. The molecule has 0 aromatic carbocycles. The third-order valence-electron chi connectivity index (χ3n) is 4.67. The molecule has 0 saturated heterocycles. The largest absolute Gasteiger partial charge is 0.263 e. The summed E-state index contributed by atoms with van der Waals surface area (Å²) in [5.41, 5.74) is 11.2. The van der Waals surface area contributed by atoms with Crippen molar-refractivity contribution in [2.45, 2.75) is 77.8 Å². The fraction of sp³-hybridized carbons (Fsp3) is 0.571. The van der Waals surface area contributed by atoms with Crippen molar-refractivity contribution < 1.29 is 0 Å². The van der Waals surface area contributed by atoms with Crippen LogP contribution in [-0.2, 0) is 0 Å². The van der Waals surface area contributed by atoms with Gasteiger partial charge >= 0.3 is 0 Å². The number of rotatable bonds is 3. The molecule has 0 bridgehead atoms. The summed E-state index contributed by atoms with van der Waals surface area (Å²) >= 11 is 0. The van der Waals surface area contributed by atoms with E-state index in [1.165, 1.54) is 0 Å². The van der Waals surface area contributed by atoms with Crippen LogP contribution in [0.2, 0.25) is 36.3 Å². The molecule has 3 heteroatoms. The van der Waals surface area contributed by atoms with E-state index in [4.69, 9.17) is 0 Å². The maximum Gasteiger partial charge on any atom is 0.146 e. The van der Waals surface area contributed by atoms with Crippen LogP contribution in [0.1, 0.15) is 52.7 Å². The van der Waals surface area contributed by atoms with Gasteiger partial charge in [0.05, 0.1) is 5.56 Å². The lowest BCUT2D eigenvalue weighted by atomic mass is 10.1. The van der Waals surface area contributed by atoms with Gasteiger partial charge in [0.2, 0.25) is 0 Å². The Bertz CT molecular complexity index is 652. The third kappa shape index (κ3) is 5.10. The molecule has 130 valence electrons. The maximum absolute atomic E-state index is 4.25. The first kappa shape index (κ1) is 20.7. The van der Waals surface area contributed by atoms with Gasteiger partial charge in [0.15, 0.2) is 0 Å². The molecule has 0 saturated carbocycles. The first-order chi connectivity index (χ1) is 11.0. The van der Waals surface area contributed by atoms with Gasteiger partial charge in [-0.15, -0.1) is 11.1 Å². The molecule has 0 aliphatic carbocycles. The van der Waals surface area contributed by atoms with E-state index in [0.29, 0.717) is 16.6 Å². The van der Waals surface area contributed by atoms with Crippen LogP contribution in [-0.4, -0.2) is 21.1 Å². The Morgan fingerprint density at radius 3 is 1.75 bits per heavy atom. The summed E-state index contributed by atoms with van der Waals surface area (Å²) in [5, 5.41) is 0. The van der Waals surface area contributed by atoms with E-state index in [0.717, 1.165) is 11.1 Å². The van der Waals surface area contributed by atoms with Crippen LogP contribution in [0.3, 0.4) is 0 Å². The molecule has 1 aromatic heterocycles. The van der Waals surface area contributed by atoms with Crippen LogP contribution < -0.4 is 0 Å². The first-order valence-electron chi connectivity index (χ1n) is 9.01. The van der Waals surface area contributed by atoms with Crippen LogP contribution in [0, 0.1) is 22.9 Å². The summed E-state index contributed by atoms with van der Waals surface area (Å²) in [4.78, 5) is 4.25. The highest BCUT2D eigenvalue weighted by Crippen LogP contribution is 2.40. The van der Waals surface area contributed by atoms with Gasteiger partial charge in [0, 0.05) is 18.0 Å². The summed E-state index contributed by atoms with van der Waals surface area (Å²) in [6, 6.07) is 2.02. The van der Waals surface area contributed by atoms with Gasteiger partial charge in [-0.1, -0.05) is 73.0 Å². The van der Waals surface area contributed by atoms with Crippen molar-refractivity contribution in [1.82, 2.24) is 4.98 Å². The highest BCUT2D eigenvalue weighted by Gasteiger charge is 2.41. The van der Waals surface area contributed by atoms with Crippen molar-refractivity contribution in [3.63, 3.8) is 0 Å². The molecule has 0 atom stereocenters. The molecule has 0 N–H and O–H groups in total. The monoisotopic (exact) mass is 355 g/mol. The smallest absolute Gasteiger partial charge is 0.146 e. The van der Waals surface area contributed by atoms with Gasteiger partial charge in [0.1, 0.15) is 16.1 Å². The molecule has 0 aliphatic rings. The molecular formula is C21H33NSi2. The fourth-order valence-electron chi connectivity index (χ4n) is 3.47. The van der Waals surface area contributed by atoms with Crippen molar-refractivity contribution in [2.24, 2.45) is 0 Å². The number of nitrogens with zero attached hydrogens (tertiary/aromatic N) is 1. The summed E-state index contributed by atoms with van der Waals surface area (Å²) in [5.74, 6) is 6.86.